The minimum Gasteiger partial charge on any atom is -0.354 e. The van der Waals surface area contributed by atoms with E-state index in [1.54, 1.807) is 0 Å². The quantitative estimate of drug-likeness (QED) is 0.896. The van der Waals surface area contributed by atoms with Crippen molar-refractivity contribution >= 4 is 17.8 Å². The predicted molar refractivity (Wildman–Crippen MR) is 86.0 cm³/mol. The van der Waals surface area contributed by atoms with E-state index in [0.717, 1.165) is 50.5 Å². The maximum absolute atomic E-state index is 4.74. The molecule has 1 aromatic heterocycles. The maximum Gasteiger partial charge on any atom is 0.231 e. The van der Waals surface area contributed by atoms with Crippen LogP contribution in [0.25, 0.3) is 0 Å². The molecule has 0 saturated carbocycles. The van der Waals surface area contributed by atoms with Gasteiger partial charge in [0.25, 0.3) is 0 Å². The highest BCUT2D eigenvalue weighted by molar-refractivity contribution is 5.46. The molecule has 0 bridgehead atoms. The Bertz CT molecular complexity index is 471. The van der Waals surface area contributed by atoms with E-state index < -0.39 is 0 Å². The van der Waals surface area contributed by atoms with Gasteiger partial charge in [-0.2, -0.15) is 15.0 Å². The molecule has 1 aromatic rings. The van der Waals surface area contributed by atoms with Gasteiger partial charge in [-0.15, -0.1) is 0 Å². The third-order valence-corrected chi connectivity index (χ3v) is 4.48. The van der Waals surface area contributed by atoms with Crippen LogP contribution in [0.3, 0.4) is 0 Å². The molecule has 0 spiro atoms. The molecule has 0 radical (unpaired) electrons. The Morgan fingerprint density at radius 3 is 2.33 bits per heavy atom. The van der Waals surface area contributed by atoms with Gasteiger partial charge in [0.05, 0.1) is 0 Å². The second-order valence-corrected chi connectivity index (χ2v) is 5.99. The summed E-state index contributed by atoms with van der Waals surface area (Å²) < 4.78 is 0. The summed E-state index contributed by atoms with van der Waals surface area (Å²) in [5.41, 5.74) is 0. The summed E-state index contributed by atoms with van der Waals surface area (Å²) in [5, 5.41) is 3.24. The Morgan fingerprint density at radius 1 is 1.00 bits per heavy atom. The molecule has 6 nitrogen and oxygen atoms in total. The molecule has 3 heterocycles. The first-order valence-corrected chi connectivity index (χ1v) is 8.30. The Kier molecular flexibility index (Phi) is 4.41. The average Bonchev–Trinajstić information content (AvgIpc) is 3.19. The lowest BCUT2D eigenvalue weighted by atomic mass is 10.1. The number of nitrogens with one attached hydrogen (secondary N) is 1. The number of rotatable bonds is 5. The summed E-state index contributed by atoms with van der Waals surface area (Å²) in [6.07, 6.45) is 4.96. The fraction of sp³-hybridized carbons (Fsp3) is 0.800. The summed E-state index contributed by atoms with van der Waals surface area (Å²) in [6.45, 7) is 9.43. The zero-order valence-corrected chi connectivity index (χ0v) is 13.2. The number of aromatic nitrogens is 3. The molecular formula is C15H26N6. The van der Waals surface area contributed by atoms with Gasteiger partial charge in [0.2, 0.25) is 17.8 Å². The minimum atomic E-state index is 0.712. The fourth-order valence-corrected chi connectivity index (χ4v) is 3.14. The van der Waals surface area contributed by atoms with Gasteiger partial charge < -0.3 is 15.1 Å². The molecule has 116 valence electrons. The molecule has 0 aliphatic carbocycles. The molecule has 1 atom stereocenters. The van der Waals surface area contributed by atoms with Gasteiger partial charge in [0, 0.05) is 32.7 Å². The topological polar surface area (TPSA) is 57.2 Å². The van der Waals surface area contributed by atoms with Crippen molar-refractivity contribution in [3.8, 4) is 0 Å². The van der Waals surface area contributed by atoms with Crippen molar-refractivity contribution in [2.24, 2.45) is 5.92 Å². The van der Waals surface area contributed by atoms with Crippen LogP contribution in [0.1, 0.15) is 39.5 Å². The predicted octanol–water partition coefficient (Wildman–Crippen LogP) is 2.14. The van der Waals surface area contributed by atoms with E-state index in [1.807, 2.05) is 0 Å². The SMILES string of the molecule is CCNc1nc(N2CCCC2)nc(N2CCC(CC)C2)n1. The summed E-state index contributed by atoms with van der Waals surface area (Å²) in [4.78, 5) is 18.5. The van der Waals surface area contributed by atoms with E-state index in [1.165, 1.54) is 25.7 Å². The van der Waals surface area contributed by atoms with Crippen molar-refractivity contribution in [1.29, 1.82) is 0 Å². The van der Waals surface area contributed by atoms with Gasteiger partial charge in [0.15, 0.2) is 0 Å². The summed E-state index contributed by atoms with van der Waals surface area (Å²) in [7, 11) is 0. The van der Waals surface area contributed by atoms with Crippen molar-refractivity contribution < 1.29 is 0 Å². The molecular weight excluding hydrogens is 264 g/mol. The normalized spacial score (nSPS) is 22.1. The van der Waals surface area contributed by atoms with E-state index in [9.17, 15) is 0 Å². The molecule has 6 heteroatoms. The van der Waals surface area contributed by atoms with Crippen molar-refractivity contribution in [2.75, 3.05) is 47.8 Å². The molecule has 2 aliphatic rings. The molecule has 2 saturated heterocycles. The van der Waals surface area contributed by atoms with Crippen LogP contribution in [0, 0.1) is 5.92 Å². The van der Waals surface area contributed by atoms with Gasteiger partial charge in [-0.1, -0.05) is 13.3 Å². The smallest absolute Gasteiger partial charge is 0.231 e. The highest BCUT2D eigenvalue weighted by Crippen LogP contribution is 2.26. The fourth-order valence-electron chi connectivity index (χ4n) is 3.14. The molecule has 2 fully saturated rings. The second-order valence-electron chi connectivity index (χ2n) is 5.99. The molecule has 3 rings (SSSR count). The third kappa shape index (κ3) is 3.19. The van der Waals surface area contributed by atoms with Gasteiger partial charge in [0.1, 0.15) is 0 Å². The highest BCUT2D eigenvalue weighted by Gasteiger charge is 2.25. The Morgan fingerprint density at radius 2 is 1.71 bits per heavy atom. The van der Waals surface area contributed by atoms with E-state index in [-0.39, 0.29) is 0 Å². The van der Waals surface area contributed by atoms with Crippen molar-refractivity contribution in [2.45, 2.75) is 39.5 Å². The van der Waals surface area contributed by atoms with E-state index >= 15 is 0 Å². The lowest BCUT2D eigenvalue weighted by Crippen LogP contribution is -2.26. The minimum absolute atomic E-state index is 0.712. The largest absolute Gasteiger partial charge is 0.354 e. The van der Waals surface area contributed by atoms with Crippen LogP contribution in [0.4, 0.5) is 17.8 Å². The summed E-state index contributed by atoms with van der Waals surface area (Å²) in [6, 6.07) is 0. The zero-order valence-electron chi connectivity index (χ0n) is 13.2. The van der Waals surface area contributed by atoms with Crippen LogP contribution >= 0.6 is 0 Å². The Labute approximate surface area is 127 Å². The summed E-state index contributed by atoms with van der Waals surface area (Å²) >= 11 is 0. The van der Waals surface area contributed by atoms with Crippen LogP contribution in [0.5, 0.6) is 0 Å². The lowest BCUT2D eigenvalue weighted by Gasteiger charge is -2.21. The maximum atomic E-state index is 4.74. The van der Waals surface area contributed by atoms with Gasteiger partial charge in [-0.3, -0.25) is 0 Å². The third-order valence-electron chi connectivity index (χ3n) is 4.48. The second kappa shape index (κ2) is 6.45. The van der Waals surface area contributed by atoms with E-state index in [4.69, 9.17) is 4.98 Å². The van der Waals surface area contributed by atoms with Crippen LogP contribution in [-0.2, 0) is 0 Å². The molecule has 21 heavy (non-hydrogen) atoms. The van der Waals surface area contributed by atoms with Crippen LogP contribution in [0.2, 0.25) is 0 Å². The van der Waals surface area contributed by atoms with Crippen molar-refractivity contribution in [1.82, 2.24) is 15.0 Å². The average molecular weight is 290 g/mol. The first-order chi connectivity index (χ1) is 10.3. The molecule has 0 amide bonds. The number of anilines is 3. The Balaban J connectivity index is 1.84. The van der Waals surface area contributed by atoms with Gasteiger partial charge in [-0.25, -0.2) is 0 Å². The van der Waals surface area contributed by atoms with Crippen molar-refractivity contribution in [3.63, 3.8) is 0 Å². The van der Waals surface area contributed by atoms with E-state index in [0.29, 0.717) is 5.95 Å². The standard InChI is InChI=1S/C15H26N6/c1-3-12-7-10-21(11-12)15-18-13(16-4-2)17-14(19-15)20-8-5-6-9-20/h12H,3-11H2,1-2H3,(H,16,17,18,19). The first kappa shape index (κ1) is 14.4. The van der Waals surface area contributed by atoms with Gasteiger partial charge >= 0.3 is 0 Å². The monoisotopic (exact) mass is 290 g/mol. The number of nitrogens with zero attached hydrogens (tertiary/aromatic N) is 5. The van der Waals surface area contributed by atoms with Crippen molar-refractivity contribution in [3.05, 3.63) is 0 Å². The lowest BCUT2D eigenvalue weighted by molar-refractivity contribution is 0.568. The molecule has 1 N–H and O–H groups in total. The Hall–Kier alpha value is -1.59. The van der Waals surface area contributed by atoms with Crippen LogP contribution in [-0.4, -0.2) is 47.7 Å². The van der Waals surface area contributed by atoms with E-state index in [2.05, 4.69) is 38.9 Å². The van der Waals surface area contributed by atoms with Crippen LogP contribution < -0.4 is 15.1 Å². The zero-order chi connectivity index (χ0) is 14.7. The molecule has 2 aliphatic heterocycles. The highest BCUT2D eigenvalue weighted by atomic mass is 15.4. The number of hydrogen-bond acceptors (Lipinski definition) is 6. The summed E-state index contributed by atoms with van der Waals surface area (Å²) in [5.74, 6) is 3.18. The molecule has 1 unspecified atom stereocenters. The van der Waals surface area contributed by atoms with Gasteiger partial charge in [-0.05, 0) is 32.1 Å². The molecule has 0 aromatic carbocycles. The van der Waals surface area contributed by atoms with Crippen LogP contribution in [0.15, 0.2) is 0 Å². The number of hydrogen-bond donors (Lipinski definition) is 1. The first-order valence-electron chi connectivity index (χ1n) is 8.30.